The standard InChI is InChI=1S/C20H18FN3O3S/c1-14(25)16-4-9-19(10-5-16)28(26,27)24-18-8-11-20(23-13-18)22-12-15-2-6-17(21)7-3-15/h2-11,13,24H,12H2,1H3,(H,22,23). The van der Waals surface area contributed by atoms with Crippen LogP contribution < -0.4 is 10.0 Å². The van der Waals surface area contributed by atoms with E-state index in [1.54, 1.807) is 24.3 Å². The van der Waals surface area contributed by atoms with Crippen LogP contribution in [-0.4, -0.2) is 19.2 Å². The van der Waals surface area contributed by atoms with E-state index >= 15 is 0 Å². The molecule has 1 aromatic heterocycles. The van der Waals surface area contributed by atoms with Crippen molar-refractivity contribution in [3.63, 3.8) is 0 Å². The van der Waals surface area contributed by atoms with Crippen molar-refractivity contribution in [2.24, 2.45) is 0 Å². The number of pyridine rings is 1. The molecule has 144 valence electrons. The highest BCUT2D eigenvalue weighted by atomic mass is 32.2. The fraction of sp³-hybridized carbons (Fsp3) is 0.100. The monoisotopic (exact) mass is 399 g/mol. The summed E-state index contributed by atoms with van der Waals surface area (Å²) >= 11 is 0. The molecule has 0 aliphatic rings. The zero-order chi connectivity index (χ0) is 20.1. The van der Waals surface area contributed by atoms with Crippen LogP contribution in [0.1, 0.15) is 22.8 Å². The number of aromatic nitrogens is 1. The van der Waals surface area contributed by atoms with E-state index in [1.807, 2.05) is 0 Å². The molecule has 0 amide bonds. The molecule has 0 saturated carbocycles. The van der Waals surface area contributed by atoms with Gasteiger partial charge in [-0.15, -0.1) is 0 Å². The van der Waals surface area contributed by atoms with Crippen molar-refractivity contribution in [3.8, 4) is 0 Å². The van der Waals surface area contributed by atoms with Crippen LogP contribution in [0.3, 0.4) is 0 Å². The topological polar surface area (TPSA) is 88.2 Å². The van der Waals surface area contributed by atoms with Crippen LogP contribution in [0.25, 0.3) is 0 Å². The Bertz CT molecular complexity index is 1070. The maximum absolute atomic E-state index is 12.9. The summed E-state index contributed by atoms with van der Waals surface area (Å²) < 4.78 is 40.2. The molecule has 2 N–H and O–H groups in total. The molecule has 0 spiro atoms. The van der Waals surface area contributed by atoms with Crippen LogP contribution in [-0.2, 0) is 16.6 Å². The molecule has 0 saturated heterocycles. The Kier molecular flexibility index (Phi) is 5.70. The Morgan fingerprint density at radius 3 is 2.25 bits per heavy atom. The number of anilines is 2. The van der Waals surface area contributed by atoms with Crippen LogP contribution in [0.5, 0.6) is 0 Å². The van der Waals surface area contributed by atoms with Crippen LogP contribution in [0.4, 0.5) is 15.9 Å². The number of ketones is 1. The van der Waals surface area contributed by atoms with Gasteiger partial charge >= 0.3 is 0 Å². The predicted molar refractivity (Wildman–Crippen MR) is 105 cm³/mol. The predicted octanol–water partition coefficient (Wildman–Crippen LogP) is 3.84. The van der Waals surface area contributed by atoms with E-state index in [0.29, 0.717) is 23.6 Å². The van der Waals surface area contributed by atoms with Gasteiger partial charge < -0.3 is 5.32 Å². The van der Waals surface area contributed by atoms with Gasteiger partial charge in [0.2, 0.25) is 0 Å². The van der Waals surface area contributed by atoms with E-state index in [4.69, 9.17) is 0 Å². The lowest BCUT2D eigenvalue weighted by Gasteiger charge is -2.10. The quantitative estimate of drug-likeness (QED) is 0.590. The van der Waals surface area contributed by atoms with Gasteiger partial charge in [-0.25, -0.2) is 17.8 Å². The van der Waals surface area contributed by atoms with Gasteiger partial charge in [-0.1, -0.05) is 24.3 Å². The highest BCUT2D eigenvalue weighted by molar-refractivity contribution is 7.92. The van der Waals surface area contributed by atoms with Gasteiger partial charge in [0.15, 0.2) is 5.78 Å². The number of Topliss-reactive ketones (excluding diaryl/α,β-unsaturated/α-hetero) is 1. The molecule has 8 heteroatoms. The lowest BCUT2D eigenvalue weighted by atomic mass is 10.2. The van der Waals surface area contributed by atoms with E-state index in [2.05, 4.69) is 15.0 Å². The number of rotatable bonds is 7. The summed E-state index contributed by atoms with van der Waals surface area (Å²) in [5.41, 5.74) is 1.64. The van der Waals surface area contributed by atoms with Gasteiger partial charge in [0.25, 0.3) is 10.0 Å². The third-order valence-electron chi connectivity index (χ3n) is 3.97. The van der Waals surface area contributed by atoms with Gasteiger partial charge in [-0.2, -0.15) is 0 Å². The van der Waals surface area contributed by atoms with Gasteiger partial charge in [-0.05, 0) is 48.9 Å². The van der Waals surface area contributed by atoms with Crippen LogP contribution in [0.2, 0.25) is 0 Å². The summed E-state index contributed by atoms with van der Waals surface area (Å²) in [6.07, 6.45) is 1.40. The van der Waals surface area contributed by atoms with Gasteiger partial charge in [0, 0.05) is 12.1 Å². The largest absolute Gasteiger partial charge is 0.366 e. The lowest BCUT2D eigenvalue weighted by molar-refractivity contribution is 0.101. The molecule has 0 radical (unpaired) electrons. The van der Waals surface area contributed by atoms with Crippen molar-refractivity contribution in [3.05, 3.63) is 83.8 Å². The fourth-order valence-electron chi connectivity index (χ4n) is 2.44. The first-order chi connectivity index (χ1) is 13.3. The smallest absolute Gasteiger partial charge is 0.261 e. The number of carbonyl (C=O) groups excluding carboxylic acids is 1. The Balaban J connectivity index is 1.64. The van der Waals surface area contributed by atoms with Gasteiger partial charge in [0.05, 0.1) is 16.8 Å². The number of benzene rings is 2. The van der Waals surface area contributed by atoms with Crippen LogP contribution in [0.15, 0.2) is 71.8 Å². The Morgan fingerprint density at radius 2 is 1.68 bits per heavy atom. The average molecular weight is 399 g/mol. The Labute approximate surface area is 162 Å². The maximum Gasteiger partial charge on any atom is 0.261 e. The average Bonchev–Trinajstić information content (AvgIpc) is 2.68. The minimum Gasteiger partial charge on any atom is -0.366 e. The van der Waals surface area contributed by atoms with Crippen molar-refractivity contribution < 1.29 is 17.6 Å². The number of sulfonamides is 1. The summed E-state index contributed by atoms with van der Waals surface area (Å²) in [4.78, 5) is 15.5. The maximum atomic E-state index is 12.9. The number of nitrogens with zero attached hydrogens (tertiary/aromatic N) is 1. The zero-order valence-electron chi connectivity index (χ0n) is 15.0. The first-order valence-electron chi connectivity index (χ1n) is 8.42. The third kappa shape index (κ3) is 4.92. The molecule has 28 heavy (non-hydrogen) atoms. The molecule has 3 aromatic rings. The van der Waals surface area contributed by atoms with Crippen molar-refractivity contribution in [2.45, 2.75) is 18.4 Å². The first kappa shape index (κ1) is 19.5. The molecule has 0 unspecified atom stereocenters. The molecule has 0 bridgehead atoms. The first-order valence-corrected chi connectivity index (χ1v) is 9.90. The molecule has 3 rings (SSSR count). The second kappa shape index (κ2) is 8.18. The minimum absolute atomic E-state index is 0.0519. The second-order valence-corrected chi connectivity index (χ2v) is 7.78. The number of hydrogen-bond donors (Lipinski definition) is 2. The third-order valence-corrected chi connectivity index (χ3v) is 5.37. The van der Waals surface area contributed by atoms with E-state index in [0.717, 1.165) is 5.56 Å². The molecule has 1 heterocycles. The zero-order valence-corrected chi connectivity index (χ0v) is 15.8. The van der Waals surface area contributed by atoms with Crippen LogP contribution >= 0.6 is 0 Å². The molecule has 0 aliphatic carbocycles. The van der Waals surface area contributed by atoms with Crippen molar-refractivity contribution in [1.82, 2.24) is 4.98 Å². The summed E-state index contributed by atoms with van der Waals surface area (Å²) in [5.74, 6) is 0.123. The van der Waals surface area contributed by atoms with E-state index in [9.17, 15) is 17.6 Å². The summed E-state index contributed by atoms with van der Waals surface area (Å²) in [6.45, 7) is 1.87. The van der Waals surface area contributed by atoms with E-state index in [1.165, 1.54) is 49.5 Å². The SMILES string of the molecule is CC(=O)c1ccc(S(=O)(=O)Nc2ccc(NCc3ccc(F)cc3)nc2)cc1. The summed E-state index contributed by atoms with van der Waals surface area (Å²) in [5, 5.41) is 3.08. The lowest BCUT2D eigenvalue weighted by Crippen LogP contribution is -2.13. The Hall–Kier alpha value is -3.26. The van der Waals surface area contributed by atoms with E-state index < -0.39 is 10.0 Å². The van der Waals surface area contributed by atoms with Crippen molar-refractivity contribution in [2.75, 3.05) is 10.0 Å². The summed E-state index contributed by atoms with van der Waals surface area (Å²) in [6, 6.07) is 15.0. The van der Waals surface area contributed by atoms with Crippen molar-refractivity contribution in [1.29, 1.82) is 0 Å². The van der Waals surface area contributed by atoms with Crippen molar-refractivity contribution >= 4 is 27.3 Å². The summed E-state index contributed by atoms with van der Waals surface area (Å²) in [7, 11) is -3.79. The van der Waals surface area contributed by atoms with Gasteiger partial charge in [-0.3, -0.25) is 9.52 Å². The molecular formula is C20H18FN3O3S. The Morgan fingerprint density at radius 1 is 1.00 bits per heavy atom. The normalized spacial score (nSPS) is 11.1. The number of hydrogen-bond acceptors (Lipinski definition) is 5. The number of nitrogens with one attached hydrogen (secondary N) is 2. The second-order valence-electron chi connectivity index (χ2n) is 6.10. The van der Waals surface area contributed by atoms with E-state index in [-0.39, 0.29) is 16.5 Å². The van der Waals surface area contributed by atoms with Crippen LogP contribution in [0, 0.1) is 5.82 Å². The molecule has 0 aliphatic heterocycles. The fourth-order valence-corrected chi connectivity index (χ4v) is 3.48. The number of halogens is 1. The number of carbonyl (C=O) groups is 1. The highest BCUT2D eigenvalue weighted by Crippen LogP contribution is 2.18. The highest BCUT2D eigenvalue weighted by Gasteiger charge is 2.14. The molecule has 0 fully saturated rings. The minimum atomic E-state index is -3.79. The molecule has 0 atom stereocenters. The van der Waals surface area contributed by atoms with Gasteiger partial charge in [0.1, 0.15) is 11.6 Å². The molecular weight excluding hydrogens is 381 g/mol. The molecule has 2 aromatic carbocycles. The molecule has 6 nitrogen and oxygen atoms in total.